The first kappa shape index (κ1) is 21.8. The van der Waals surface area contributed by atoms with E-state index in [0.717, 1.165) is 37.0 Å². The zero-order chi connectivity index (χ0) is 21.4. The van der Waals surface area contributed by atoms with Gasteiger partial charge < -0.3 is 5.11 Å². The van der Waals surface area contributed by atoms with Gasteiger partial charge >= 0.3 is 0 Å². The second kappa shape index (κ2) is 7.07. The average molecular weight is 403 g/mol. The Hall–Kier alpha value is -0.370. The van der Waals surface area contributed by atoms with Gasteiger partial charge in [0.25, 0.3) is 0 Å². The SMILES string of the molecule is CC(CCC(=O)C(C)(C)C)[C@H]1CCC2C3C(C[C@@]21C)[C@@]1(C)CCC(C)[C@@H]1C[C@H]3O. The van der Waals surface area contributed by atoms with Crippen LogP contribution in [0.4, 0.5) is 0 Å². The Labute approximate surface area is 179 Å². The van der Waals surface area contributed by atoms with Crippen LogP contribution < -0.4 is 0 Å². The van der Waals surface area contributed by atoms with Crippen molar-refractivity contribution < 1.29 is 9.90 Å². The Morgan fingerprint density at radius 1 is 1.07 bits per heavy atom. The van der Waals surface area contributed by atoms with Gasteiger partial charge in [0.05, 0.1) is 6.10 Å². The van der Waals surface area contributed by atoms with E-state index < -0.39 is 0 Å². The van der Waals surface area contributed by atoms with Gasteiger partial charge in [-0.25, -0.2) is 0 Å². The number of Topliss-reactive ketones (excluding diaryl/α,β-unsaturated/α-hetero) is 1. The van der Waals surface area contributed by atoms with Crippen molar-refractivity contribution in [2.75, 3.05) is 0 Å². The maximum absolute atomic E-state index is 12.5. The largest absolute Gasteiger partial charge is 0.393 e. The molecule has 2 nitrogen and oxygen atoms in total. The molecule has 4 aliphatic rings. The summed E-state index contributed by atoms with van der Waals surface area (Å²) in [5.41, 5.74) is 0.605. The number of aliphatic hydroxyl groups excluding tert-OH is 1. The Morgan fingerprint density at radius 2 is 1.76 bits per heavy atom. The summed E-state index contributed by atoms with van der Waals surface area (Å²) in [7, 11) is 0. The molecule has 0 aromatic heterocycles. The molecule has 0 saturated heterocycles. The number of hydrogen-bond acceptors (Lipinski definition) is 2. The number of aliphatic hydroxyl groups is 1. The highest BCUT2D eigenvalue weighted by molar-refractivity contribution is 5.83. The predicted octanol–water partition coefficient (Wildman–Crippen LogP) is 6.50. The maximum Gasteiger partial charge on any atom is 0.138 e. The summed E-state index contributed by atoms with van der Waals surface area (Å²) in [4.78, 5) is 12.5. The third-order valence-corrected chi connectivity index (χ3v) is 10.9. The quantitative estimate of drug-likeness (QED) is 0.582. The lowest BCUT2D eigenvalue weighted by Gasteiger charge is -2.50. The topological polar surface area (TPSA) is 37.3 Å². The van der Waals surface area contributed by atoms with Crippen molar-refractivity contribution in [2.24, 2.45) is 57.7 Å². The van der Waals surface area contributed by atoms with Crippen LogP contribution in [-0.2, 0) is 4.79 Å². The number of carbonyl (C=O) groups excluding carboxylic acids is 1. The minimum Gasteiger partial charge on any atom is -0.393 e. The molecule has 5 unspecified atom stereocenters. The lowest BCUT2D eigenvalue weighted by molar-refractivity contribution is -0.126. The van der Waals surface area contributed by atoms with Crippen LogP contribution in [0.2, 0.25) is 0 Å². The first-order valence-corrected chi connectivity index (χ1v) is 12.6. The summed E-state index contributed by atoms with van der Waals surface area (Å²) in [6.45, 7) is 16.1. The van der Waals surface area contributed by atoms with Crippen LogP contribution in [0.3, 0.4) is 0 Å². The van der Waals surface area contributed by atoms with Gasteiger partial charge in [0.15, 0.2) is 0 Å². The Balaban J connectivity index is 1.52. The summed E-state index contributed by atoms with van der Waals surface area (Å²) >= 11 is 0. The second-order valence-corrected chi connectivity index (χ2v) is 13.3. The molecular weight excluding hydrogens is 356 g/mol. The van der Waals surface area contributed by atoms with Gasteiger partial charge in [0.1, 0.15) is 5.78 Å². The number of rotatable bonds is 4. The highest BCUT2D eigenvalue weighted by atomic mass is 16.3. The molecule has 4 fully saturated rings. The van der Waals surface area contributed by atoms with Crippen LogP contribution in [0.25, 0.3) is 0 Å². The average Bonchev–Trinajstić information content (AvgIpc) is 3.21. The molecule has 0 radical (unpaired) electrons. The van der Waals surface area contributed by atoms with Crippen molar-refractivity contribution in [3.8, 4) is 0 Å². The maximum atomic E-state index is 12.5. The lowest BCUT2D eigenvalue weighted by Crippen LogP contribution is -2.47. The summed E-state index contributed by atoms with van der Waals surface area (Å²) in [6, 6.07) is 0. The molecule has 0 aliphatic heterocycles. The van der Waals surface area contributed by atoms with Crippen molar-refractivity contribution >= 4 is 5.78 Å². The van der Waals surface area contributed by atoms with E-state index in [0.29, 0.717) is 40.3 Å². The summed E-state index contributed by atoms with van der Waals surface area (Å²) in [5, 5.41) is 11.3. The molecule has 29 heavy (non-hydrogen) atoms. The van der Waals surface area contributed by atoms with Crippen LogP contribution in [0.15, 0.2) is 0 Å². The molecule has 4 rings (SSSR count). The molecule has 166 valence electrons. The molecular formula is C27H46O2. The fourth-order valence-electron chi connectivity index (χ4n) is 9.15. The van der Waals surface area contributed by atoms with Gasteiger partial charge in [-0.3, -0.25) is 4.79 Å². The lowest BCUT2D eigenvalue weighted by atomic mass is 9.56. The van der Waals surface area contributed by atoms with Crippen LogP contribution in [0.1, 0.15) is 99.8 Å². The van der Waals surface area contributed by atoms with Gasteiger partial charge in [-0.05, 0) is 97.2 Å². The predicted molar refractivity (Wildman–Crippen MR) is 119 cm³/mol. The van der Waals surface area contributed by atoms with Crippen molar-refractivity contribution in [1.82, 2.24) is 0 Å². The second-order valence-electron chi connectivity index (χ2n) is 13.3. The molecule has 0 bridgehead atoms. The summed E-state index contributed by atoms with van der Waals surface area (Å²) in [5.74, 6) is 5.18. The number of carbonyl (C=O) groups is 1. The van der Waals surface area contributed by atoms with E-state index in [1.165, 1.54) is 32.1 Å². The van der Waals surface area contributed by atoms with Crippen LogP contribution in [-0.4, -0.2) is 17.0 Å². The van der Waals surface area contributed by atoms with E-state index >= 15 is 0 Å². The van der Waals surface area contributed by atoms with Crippen molar-refractivity contribution in [3.63, 3.8) is 0 Å². The van der Waals surface area contributed by atoms with Crippen LogP contribution in [0.5, 0.6) is 0 Å². The van der Waals surface area contributed by atoms with Gasteiger partial charge in [0.2, 0.25) is 0 Å². The highest BCUT2D eigenvalue weighted by Gasteiger charge is 2.67. The van der Waals surface area contributed by atoms with E-state index in [9.17, 15) is 9.90 Å². The van der Waals surface area contributed by atoms with E-state index in [-0.39, 0.29) is 11.5 Å². The van der Waals surface area contributed by atoms with Gasteiger partial charge in [0, 0.05) is 11.8 Å². The first-order valence-electron chi connectivity index (χ1n) is 12.6. The molecule has 1 N–H and O–H groups in total. The van der Waals surface area contributed by atoms with E-state index in [4.69, 9.17) is 0 Å². The van der Waals surface area contributed by atoms with Crippen LogP contribution >= 0.6 is 0 Å². The molecule has 0 aromatic carbocycles. The monoisotopic (exact) mass is 402 g/mol. The summed E-state index contributed by atoms with van der Waals surface area (Å²) in [6.07, 6.45) is 9.39. The Bertz CT molecular complexity index is 647. The first-order chi connectivity index (χ1) is 13.4. The van der Waals surface area contributed by atoms with Crippen LogP contribution in [0, 0.1) is 57.7 Å². The molecule has 0 amide bonds. The molecule has 0 aromatic rings. The van der Waals surface area contributed by atoms with E-state index in [1.807, 2.05) is 0 Å². The standard InChI is InChI=1S/C27H46O2/c1-16(8-11-23(29)25(3,4)5)18-9-10-19-24-21(15-27(18,19)7)26(6)13-12-17(2)20(26)14-22(24)28/h16-22,24,28H,8-15H2,1-7H3/t16?,17?,18-,19?,20+,21?,22-,24?,26+,27-/m1/s1. The van der Waals surface area contributed by atoms with Crippen molar-refractivity contribution in [2.45, 2.75) is 106 Å². The number of fused-ring (bicyclic) bond motifs is 5. The van der Waals surface area contributed by atoms with Gasteiger partial charge in [-0.15, -0.1) is 0 Å². The molecule has 4 saturated carbocycles. The minimum absolute atomic E-state index is 0.0815. The highest BCUT2D eigenvalue weighted by Crippen LogP contribution is 2.72. The zero-order valence-corrected chi connectivity index (χ0v) is 20.1. The zero-order valence-electron chi connectivity index (χ0n) is 20.1. The fraction of sp³-hybridized carbons (Fsp3) is 0.963. The Kier molecular flexibility index (Phi) is 5.33. The normalized spacial score (nSPS) is 50.1. The van der Waals surface area contributed by atoms with Gasteiger partial charge in [-0.1, -0.05) is 48.5 Å². The summed E-state index contributed by atoms with van der Waals surface area (Å²) < 4.78 is 0. The molecule has 0 heterocycles. The molecule has 0 spiro atoms. The fourth-order valence-corrected chi connectivity index (χ4v) is 9.15. The van der Waals surface area contributed by atoms with E-state index in [1.54, 1.807) is 0 Å². The van der Waals surface area contributed by atoms with Crippen molar-refractivity contribution in [3.05, 3.63) is 0 Å². The smallest absolute Gasteiger partial charge is 0.138 e. The minimum atomic E-state index is -0.211. The molecule has 10 atom stereocenters. The Morgan fingerprint density at radius 3 is 2.41 bits per heavy atom. The third-order valence-electron chi connectivity index (χ3n) is 10.9. The van der Waals surface area contributed by atoms with Crippen molar-refractivity contribution in [1.29, 1.82) is 0 Å². The number of ketones is 1. The third kappa shape index (κ3) is 3.26. The van der Waals surface area contributed by atoms with E-state index in [2.05, 4.69) is 48.5 Å². The molecule has 2 heteroatoms. The van der Waals surface area contributed by atoms with Gasteiger partial charge in [-0.2, -0.15) is 0 Å². The molecule has 4 aliphatic carbocycles. The number of hydrogen-bond donors (Lipinski definition) is 1.